The van der Waals surface area contributed by atoms with Crippen molar-refractivity contribution in [2.75, 3.05) is 18.0 Å². The summed E-state index contributed by atoms with van der Waals surface area (Å²) in [4.78, 5) is 28.0. The molecule has 0 unspecified atom stereocenters. The maximum absolute atomic E-state index is 13.0. The van der Waals surface area contributed by atoms with Gasteiger partial charge in [-0.2, -0.15) is 5.10 Å². The number of benzene rings is 3. The minimum atomic E-state index is -0.594. The van der Waals surface area contributed by atoms with E-state index in [2.05, 4.69) is 57.2 Å². The number of nitrogens with zero attached hydrogens (tertiary/aromatic N) is 2. The zero-order valence-electron chi connectivity index (χ0n) is 19.8. The molecular formula is C27H26I2N4O3. The molecular weight excluding hydrogens is 682 g/mol. The monoisotopic (exact) mass is 708 g/mol. The number of rotatable bonds is 9. The molecule has 0 aliphatic rings. The number of amides is 2. The Hall–Kier alpha value is -2.93. The molecule has 0 atom stereocenters. The fourth-order valence-electron chi connectivity index (χ4n) is 3.38. The van der Waals surface area contributed by atoms with Crippen LogP contribution in [-0.2, 0) is 4.79 Å². The van der Waals surface area contributed by atoms with E-state index in [0.717, 1.165) is 27.9 Å². The van der Waals surface area contributed by atoms with Crippen LogP contribution in [0.1, 0.15) is 35.3 Å². The van der Waals surface area contributed by atoms with Gasteiger partial charge >= 0.3 is 0 Å². The van der Waals surface area contributed by atoms with Crippen molar-refractivity contribution in [2.45, 2.75) is 13.8 Å². The summed E-state index contributed by atoms with van der Waals surface area (Å²) in [7, 11) is 0. The van der Waals surface area contributed by atoms with Gasteiger partial charge in [-0.25, -0.2) is 5.43 Å². The first-order valence-electron chi connectivity index (χ1n) is 11.3. The lowest BCUT2D eigenvalue weighted by Crippen LogP contribution is -2.32. The highest BCUT2D eigenvalue weighted by Gasteiger charge is 2.15. The van der Waals surface area contributed by atoms with E-state index < -0.39 is 11.8 Å². The molecule has 3 aromatic rings. The normalized spacial score (nSPS) is 11.4. The zero-order valence-corrected chi connectivity index (χ0v) is 24.1. The van der Waals surface area contributed by atoms with Gasteiger partial charge in [0.05, 0.1) is 9.78 Å². The van der Waals surface area contributed by atoms with Gasteiger partial charge in [0.1, 0.15) is 11.4 Å². The highest BCUT2D eigenvalue weighted by Crippen LogP contribution is 2.25. The van der Waals surface area contributed by atoms with Gasteiger partial charge in [0, 0.05) is 33.5 Å². The third kappa shape index (κ3) is 7.53. The Kier molecular flexibility index (Phi) is 10.3. The number of carbonyl (C=O) groups is 2. The van der Waals surface area contributed by atoms with Gasteiger partial charge in [0.2, 0.25) is 0 Å². The van der Waals surface area contributed by atoms with E-state index in [1.165, 1.54) is 6.21 Å². The van der Waals surface area contributed by atoms with Crippen LogP contribution >= 0.6 is 45.2 Å². The molecule has 186 valence electrons. The van der Waals surface area contributed by atoms with Crippen LogP contribution in [-0.4, -0.2) is 36.2 Å². The average molecular weight is 708 g/mol. The summed E-state index contributed by atoms with van der Waals surface area (Å²) >= 11 is 4.17. The third-order valence-electron chi connectivity index (χ3n) is 5.29. The smallest absolute Gasteiger partial charge is 0.287 e. The van der Waals surface area contributed by atoms with Crippen LogP contribution in [0.25, 0.3) is 6.08 Å². The number of hydrazone groups is 1. The Balaban J connectivity index is 1.85. The molecule has 0 bridgehead atoms. The number of carbonyl (C=O) groups excluding carboxylic acids is 2. The van der Waals surface area contributed by atoms with E-state index in [-0.39, 0.29) is 11.4 Å². The van der Waals surface area contributed by atoms with Gasteiger partial charge < -0.3 is 15.3 Å². The second kappa shape index (κ2) is 13.4. The predicted molar refractivity (Wildman–Crippen MR) is 161 cm³/mol. The van der Waals surface area contributed by atoms with Gasteiger partial charge in [-0.3, -0.25) is 9.59 Å². The van der Waals surface area contributed by atoms with Crippen LogP contribution < -0.4 is 15.6 Å². The lowest BCUT2D eigenvalue weighted by molar-refractivity contribution is -0.117. The highest BCUT2D eigenvalue weighted by molar-refractivity contribution is 14.1. The predicted octanol–water partition coefficient (Wildman–Crippen LogP) is 5.37. The van der Waals surface area contributed by atoms with Crippen molar-refractivity contribution in [1.82, 2.24) is 10.7 Å². The Morgan fingerprint density at radius 3 is 2.31 bits per heavy atom. The molecule has 0 spiro atoms. The fraction of sp³-hybridized carbons (Fsp3) is 0.148. The molecule has 0 aliphatic heterocycles. The van der Waals surface area contributed by atoms with Gasteiger partial charge in [0.15, 0.2) is 0 Å². The first kappa shape index (κ1) is 27.7. The topological polar surface area (TPSA) is 94.0 Å². The van der Waals surface area contributed by atoms with Crippen LogP contribution in [0.2, 0.25) is 0 Å². The second-order valence-corrected chi connectivity index (χ2v) is 10.1. The van der Waals surface area contributed by atoms with Gasteiger partial charge in [-0.05, 0) is 107 Å². The van der Waals surface area contributed by atoms with E-state index in [0.29, 0.717) is 14.7 Å². The average Bonchev–Trinajstić information content (AvgIpc) is 2.88. The molecule has 3 N–H and O–H groups in total. The van der Waals surface area contributed by atoms with E-state index in [1.54, 1.807) is 36.4 Å². The van der Waals surface area contributed by atoms with E-state index >= 15 is 0 Å². The number of hydrogen-bond donors (Lipinski definition) is 3. The summed E-state index contributed by atoms with van der Waals surface area (Å²) < 4.78 is 1.60. The quantitative estimate of drug-likeness (QED) is 0.121. The maximum Gasteiger partial charge on any atom is 0.287 e. The third-order valence-corrected chi connectivity index (χ3v) is 6.73. The number of hydrogen-bond acceptors (Lipinski definition) is 5. The molecule has 3 rings (SSSR count). The van der Waals surface area contributed by atoms with Crippen molar-refractivity contribution in [3.8, 4) is 5.75 Å². The minimum absolute atomic E-state index is 0.0398. The number of nitrogens with one attached hydrogen (secondary N) is 2. The zero-order chi connectivity index (χ0) is 26.1. The lowest BCUT2D eigenvalue weighted by atomic mass is 10.1. The van der Waals surface area contributed by atoms with Crippen LogP contribution in [0.4, 0.5) is 5.69 Å². The van der Waals surface area contributed by atoms with Gasteiger partial charge in [0.25, 0.3) is 11.8 Å². The lowest BCUT2D eigenvalue weighted by Gasteiger charge is -2.21. The van der Waals surface area contributed by atoms with Crippen molar-refractivity contribution < 1.29 is 14.7 Å². The molecule has 2 amide bonds. The molecule has 9 heteroatoms. The first-order valence-corrected chi connectivity index (χ1v) is 13.4. The number of phenolic OH excluding ortho intramolecular Hbond substituents is 1. The molecule has 0 aliphatic carbocycles. The molecule has 3 aromatic carbocycles. The molecule has 0 heterocycles. The number of halogens is 2. The summed E-state index contributed by atoms with van der Waals surface area (Å²) in [6.45, 7) is 5.96. The van der Waals surface area contributed by atoms with Crippen molar-refractivity contribution in [1.29, 1.82) is 0 Å². The van der Waals surface area contributed by atoms with Crippen molar-refractivity contribution in [3.63, 3.8) is 0 Å². The van der Waals surface area contributed by atoms with Gasteiger partial charge in [-0.15, -0.1) is 0 Å². The van der Waals surface area contributed by atoms with Crippen molar-refractivity contribution in [2.24, 2.45) is 5.10 Å². The maximum atomic E-state index is 13.0. The fourth-order valence-corrected chi connectivity index (χ4v) is 5.27. The van der Waals surface area contributed by atoms with Crippen LogP contribution in [0.3, 0.4) is 0 Å². The first-order chi connectivity index (χ1) is 17.3. The molecule has 0 saturated carbocycles. The van der Waals surface area contributed by atoms with Crippen molar-refractivity contribution >= 4 is 75.0 Å². The van der Waals surface area contributed by atoms with Gasteiger partial charge in [-0.1, -0.05) is 30.3 Å². The molecule has 0 fully saturated rings. The summed E-state index contributed by atoms with van der Waals surface area (Å²) in [6.07, 6.45) is 2.97. The second-order valence-electron chi connectivity index (χ2n) is 7.67. The highest BCUT2D eigenvalue weighted by atomic mass is 127. The molecule has 0 aromatic heterocycles. The Morgan fingerprint density at radius 2 is 1.67 bits per heavy atom. The van der Waals surface area contributed by atoms with Crippen LogP contribution in [0.5, 0.6) is 5.75 Å². The summed E-state index contributed by atoms with van der Waals surface area (Å²) in [5.74, 6) is -0.927. The number of phenols is 1. The van der Waals surface area contributed by atoms with E-state index in [9.17, 15) is 14.7 Å². The largest absolute Gasteiger partial charge is 0.506 e. The summed E-state index contributed by atoms with van der Waals surface area (Å²) in [5.41, 5.74) is 5.21. The Bertz CT molecular complexity index is 1270. The van der Waals surface area contributed by atoms with Crippen LogP contribution in [0, 0.1) is 7.14 Å². The standard InChI is InChI=1S/C27H26I2N4O3/c1-3-33(4-2)22-12-10-18(11-13-22)14-24(31-26(35)19-8-6-5-7-9-19)27(36)32-30-17-20-15-21(28)16-23(29)25(20)34/h5-17,34H,3-4H2,1-2H3,(H,31,35)(H,32,36). The van der Waals surface area contributed by atoms with E-state index in [1.807, 2.05) is 59.0 Å². The number of aromatic hydroxyl groups is 1. The number of anilines is 1. The molecule has 36 heavy (non-hydrogen) atoms. The molecule has 7 nitrogen and oxygen atoms in total. The van der Waals surface area contributed by atoms with Crippen molar-refractivity contribution in [3.05, 3.63) is 96.3 Å². The van der Waals surface area contributed by atoms with Crippen LogP contribution in [0.15, 0.2) is 77.5 Å². The summed E-state index contributed by atoms with van der Waals surface area (Å²) in [6, 6.07) is 20.0. The molecule has 0 saturated heterocycles. The Labute approximate surface area is 238 Å². The minimum Gasteiger partial charge on any atom is -0.506 e. The van der Waals surface area contributed by atoms with E-state index in [4.69, 9.17) is 0 Å². The Morgan fingerprint density at radius 1 is 1.00 bits per heavy atom. The summed E-state index contributed by atoms with van der Waals surface area (Å²) in [5, 5.41) is 16.9. The molecule has 0 radical (unpaired) electrons. The SMILES string of the molecule is CCN(CC)c1ccc(C=C(NC(=O)c2ccccc2)C(=O)NN=Cc2cc(I)cc(I)c2O)cc1.